The highest BCUT2D eigenvalue weighted by molar-refractivity contribution is 5.79. The van der Waals surface area contributed by atoms with Gasteiger partial charge in [-0.3, -0.25) is 9.59 Å². The summed E-state index contributed by atoms with van der Waals surface area (Å²) in [6.07, 6.45) is 1.72. The summed E-state index contributed by atoms with van der Waals surface area (Å²) < 4.78 is 17.6. The van der Waals surface area contributed by atoms with E-state index in [4.69, 9.17) is 4.74 Å². The summed E-state index contributed by atoms with van der Waals surface area (Å²) in [4.78, 5) is 25.4. The number of hydrogen-bond donors (Lipinski definition) is 1. The second-order valence-electron chi connectivity index (χ2n) is 5.46. The Morgan fingerprint density at radius 3 is 2.50 bits per heavy atom. The molecule has 0 aliphatic carbocycles. The van der Waals surface area contributed by atoms with E-state index >= 15 is 0 Å². The minimum Gasteiger partial charge on any atom is -0.375 e. The molecule has 0 unspecified atom stereocenters. The lowest BCUT2D eigenvalue weighted by Crippen LogP contribution is -2.47. The van der Waals surface area contributed by atoms with Crippen LogP contribution in [0, 0.1) is 5.82 Å². The predicted molar refractivity (Wildman–Crippen MR) is 79.7 cm³/mol. The first kappa shape index (κ1) is 16.4. The Labute approximate surface area is 129 Å². The Hall–Kier alpha value is -1.95. The van der Waals surface area contributed by atoms with Crippen molar-refractivity contribution in [3.8, 4) is 0 Å². The number of nitrogens with zero attached hydrogens (tertiary/aromatic N) is 1. The Kier molecular flexibility index (Phi) is 5.89. The molecule has 0 spiro atoms. The van der Waals surface area contributed by atoms with Crippen LogP contribution >= 0.6 is 0 Å². The number of nitrogens with one attached hydrogen (secondary N) is 1. The topological polar surface area (TPSA) is 58.6 Å². The Balaban J connectivity index is 1.74. The number of methoxy groups -OCH3 is 1. The molecular formula is C16H21FN2O3. The molecule has 2 amide bonds. The molecule has 0 atom stereocenters. The quantitative estimate of drug-likeness (QED) is 0.887. The average Bonchev–Trinajstić information content (AvgIpc) is 2.50. The summed E-state index contributed by atoms with van der Waals surface area (Å²) in [6.45, 7) is 1.36. The Morgan fingerprint density at radius 1 is 1.27 bits per heavy atom. The van der Waals surface area contributed by atoms with E-state index in [1.54, 1.807) is 17.0 Å². The highest BCUT2D eigenvalue weighted by Gasteiger charge is 2.23. The van der Waals surface area contributed by atoms with E-state index in [0.717, 1.165) is 18.4 Å². The molecule has 22 heavy (non-hydrogen) atoms. The van der Waals surface area contributed by atoms with E-state index in [0.29, 0.717) is 13.1 Å². The highest BCUT2D eigenvalue weighted by atomic mass is 19.1. The van der Waals surface area contributed by atoms with Gasteiger partial charge in [0.15, 0.2) is 0 Å². The lowest BCUT2D eigenvalue weighted by atomic mass is 10.0. The SMILES string of the molecule is COCC(=O)N1CCC(NC(=O)Cc2ccc(F)cc2)CC1. The van der Waals surface area contributed by atoms with Crippen LogP contribution in [0.1, 0.15) is 18.4 Å². The molecule has 5 nitrogen and oxygen atoms in total. The number of rotatable bonds is 5. The molecule has 0 radical (unpaired) electrons. The van der Waals surface area contributed by atoms with Gasteiger partial charge in [-0.05, 0) is 30.5 Å². The van der Waals surface area contributed by atoms with Crippen molar-refractivity contribution in [2.45, 2.75) is 25.3 Å². The number of amides is 2. The molecule has 0 saturated carbocycles. The van der Waals surface area contributed by atoms with E-state index in [1.807, 2.05) is 0 Å². The van der Waals surface area contributed by atoms with E-state index in [9.17, 15) is 14.0 Å². The van der Waals surface area contributed by atoms with Gasteiger partial charge in [0.25, 0.3) is 0 Å². The number of benzene rings is 1. The number of carbonyl (C=O) groups excluding carboxylic acids is 2. The molecule has 1 N–H and O–H groups in total. The van der Waals surface area contributed by atoms with Crippen LogP contribution < -0.4 is 5.32 Å². The smallest absolute Gasteiger partial charge is 0.248 e. The molecule has 0 bridgehead atoms. The Morgan fingerprint density at radius 2 is 1.91 bits per heavy atom. The second-order valence-corrected chi connectivity index (χ2v) is 5.46. The van der Waals surface area contributed by atoms with Gasteiger partial charge in [-0.2, -0.15) is 0 Å². The summed E-state index contributed by atoms with van der Waals surface area (Å²) in [7, 11) is 1.50. The molecule has 6 heteroatoms. The van der Waals surface area contributed by atoms with Crippen LogP contribution in [0.5, 0.6) is 0 Å². The third-order valence-electron chi connectivity index (χ3n) is 3.76. The molecule has 1 saturated heterocycles. The minimum atomic E-state index is -0.308. The van der Waals surface area contributed by atoms with Gasteiger partial charge in [-0.25, -0.2) is 4.39 Å². The van der Waals surface area contributed by atoms with E-state index in [2.05, 4.69) is 5.32 Å². The molecule has 1 heterocycles. The molecule has 2 rings (SSSR count). The number of ether oxygens (including phenoxy) is 1. The molecule has 1 aliphatic rings. The largest absolute Gasteiger partial charge is 0.375 e. The van der Waals surface area contributed by atoms with E-state index < -0.39 is 0 Å². The van der Waals surface area contributed by atoms with Crippen molar-refractivity contribution in [2.24, 2.45) is 0 Å². The van der Waals surface area contributed by atoms with Gasteiger partial charge in [0.1, 0.15) is 12.4 Å². The van der Waals surface area contributed by atoms with Gasteiger partial charge in [0, 0.05) is 26.2 Å². The van der Waals surface area contributed by atoms with Crippen molar-refractivity contribution in [1.29, 1.82) is 0 Å². The number of likely N-dealkylation sites (tertiary alicyclic amines) is 1. The van der Waals surface area contributed by atoms with Crippen molar-refractivity contribution in [3.63, 3.8) is 0 Å². The fourth-order valence-electron chi connectivity index (χ4n) is 2.55. The van der Waals surface area contributed by atoms with Crippen LogP contribution in [0.3, 0.4) is 0 Å². The van der Waals surface area contributed by atoms with Crippen LogP contribution in [-0.4, -0.2) is 49.6 Å². The molecule has 120 valence electrons. The summed E-state index contributed by atoms with van der Waals surface area (Å²) in [6, 6.07) is 6.01. The zero-order valence-electron chi connectivity index (χ0n) is 12.7. The lowest BCUT2D eigenvalue weighted by Gasteiger charge is -2.32. The fraction of sp³-hybridized carbons (Fsp3) is 0.500. The first-order chi connectivity index (χ1) is 10.6. The van der Waals surface area contributed by atoms with Crippen LogP contribution in [0.4, 0.5) is 4.39 Å². The Bertz CT molecular complexity index is 511. The van der Waals surface area contributed by atoms with Gasteiger partial charge in [0.2, 0.25) is 11.8 Å². The summed E-state index contributed by atoms with van der Waals surface area (Å²) in [5.41, 5.74) is 0.784. The standard InChI is InChI=1S/C16H21FN2O3/c1-22-11-16(21)19-8-6-14(7-9-19)18-15(20)10-12-2-4-13(17)5-3-12/h2-5,14H,6-11H2,1H3,(H,18,20). The second kappa shape index (κ2) is 7.89. The van der Waals surface area contributed by atoms with Crippen molar-refractivity contribution >= 4 is 11.8 Å². The molecular weight excluding hydrogens is 287 g/mol. The minimum absolute atomic E-state index is 0.0152. The van der Waals surface area contributed by atoms with E-state index in [1.165, 1.54) is 19.2 Å². The predicted octanol–water partition coefficient (Wildman–Crippen LogP) is 1.12. The van der Waals surface area contributed by atoms with Crippen molar-refractivity contribution < 1.29 is 18.7 Å². The third kappa shape index (κ3) is 4.80. The molecule has 1 aliphatic heterocycles. The average molecular weight is 308 g/mol. The summed E-state index contributed by atoms with van der Waals surface area (Å²) in [5, 5.41) is 2.97. The number of hydrogen-bond acceptors (Lipinski definition) is 3. The summed E-state index contributed by atoms with van der Waals surface area (Å²) >= 11 is 0. The zero-order valence-corrected chi connectivity index (χ0v) is 12.7. The number of halogens is 1. The zero-order chi connectivity index (χ0) is 15.9. The highest BCUT2D eigenvalue weighted by Crippen LogP contribution is 2.11. The van der Waals surface area contributed by atoms with Crippen LogP contribution in [-0.2, 0) is 20.7 Å². The van der Waals surface area contributed by atoms with Gasteiger partial charge in [0.05, 0.1) is 6.42 Å². The van der Waals surface area contributed by atoms with Gasteiger partial charge >= 0.3 is 0 Å². The molecule has 1 fully saturated rings. The molecule has 1 aromatic carbocycles. The normalized spacial score (nSPS) is 15.6. The van der Waals surface area contributed by atoms with Crippen LogP contribution in [0.2, 0.25) is 0 Å². The van der Waals surface area contributed by atoms with E-state index in [-0.39, 0.29) is 36.7 Å². The first-order valence-electron chi connectivity index (χ1n) is 7.39. The number of carbonyl (C=O) groups is 2. The van der Waals surface area contributed by atoms with Gasteiger partial charge < -0.3 is 15.0 Å². The lowest BCUT2D eigenvalue weighted by molar-refractivity contribution is -0.136. The molecule has 1 aromatic rings. The van der Waals surface area contributed by atoms with Crippen molar-refractivity contribution in [2.75, 3.05) is 26.8 Å². The maximum absolute atomic E-state index is 12.8. The maximum atomic E-state index is 12.8. The van der Waals surface area contributed by atoms with Crippen molar-refractivity contribution in [1.82, 2.24) is 10.2 Å². The maximum Gasteiger partial charge on any atom is 0.248 e. The summed E-state index contributed by atoms with van der Waals surface area (Å²) in [5.74, 6) is -0.399. The fourth-order valence-corrected chi connectivity index (χ4v) is 2.55. The van der Waals surface area contributed by atoms with Crippen molar-refractivity contribution in [3.05, 3.63) is 35.6 Å². The first-order valence-corrected chi connectivity index (χ1v) is 7.39. The van der Waals surface area contributed by atoms with Gasteiger partial charge in [-0.15, -0.1) is 0 Å². The number of piperidine rings is 1. The third-order valence-corrected chi connectivity index (χ3v) is 3.76. The van der Waals surface area contributed by atoms with Crippen LogP contribution in [0.25, 0.3) is 0 Å². The van der Waals surface area contributed by atoms with Gasteiger partial charge in [-0.1, -0.05) is 12.1 Å². The molecule has 0 aromatic heterocycles. The van der Waals surface area contributed by atoms with Crippen LogP contribution in [0.15, 0.2) is 24.3 Å². The monoisotopic (exact) mass is 308 g/mol.